The zero-order chi connectivity index (χ0) is 29.0. The summed E-state index contributed by atoms with van der Waals surface area (Å²) in [6.07, 6.45) is 0.974. The third-order valence-corrected chi connectivity index (χ3v) is 10.7. The molecule has 42 heavy (non-hydrogen) atoms. The molecule has 0 aromatic carbocycles. The van der Waals surface area contributed by atoms with Crippen molar-refractivity contribution in [1.82, 2.24) is 29.5 Å². The van der Waals surface area contributed by atoms with E-state index in [0.29, 0.717) is 53.9 Å². The van der Waals surface area contributed by atoms with Crippen LogP contribution >= 0.6 is 11.3 Å². The molecule has 2 bridgehead atoms. The number of aryl methyl sites for hydroxylation is 2. The lowest BCUT2D eigenvalue weighted by Crippen LogP contribution is -2.70. The summed E-state index contributed by atoms with van der Waals surface area (Å²) in [5.74, 6) is 1.64. The number of hydrogen-bond donors (Lipinski definition) is 0. The number of hydrogen-bond acceptors (Lipinski definition) is 8. The highest BCUT2D eigenvalue weighted by Gasteiger charge is 2.79. The lowest BCUT2D eigenvalue weighted by atomic mass is 9.34. The Balaban J connectivity index is 1.12. The highest BCUT2D eigenvalue weighted by molar-refractivity contribution is 7.10. The Labute approximate surface area is 243 Å². The Kier molecular flexibility index (Phi) is 5.58. The number of thiazole rings is 1. The Morgan fingerprint density at radius 2 is 1.74 bits per heavy atom. The molecule has 5 aliphatic rings. The summed E-state index contributed by atoms with van der Waals surface area (Å²) >= 11 is 1.59. The van der Waals surface area contributed by atoms with Crippen molar-refractivity contribution in [3.63, 3.8) is 0 Å². The summed E-state index contributed by atoms with van der Waals surface area (Å²) in [5, 5.41) is 2.99. The van der Waals surface area contributed by atoms with Crippen LogP contribution in [-0.4, -0.2) is 42.3 Å². The fourth-order valence-electron chi connectivity index (χ4n) is 7.07. The van der Waals surface area contributed by atoms with Gasteiger partial charge < -0.3 is 4.74 Å². The lowest BCUT2D eigenvalue weighted by molar-refractivity contribution is -0.337. The van der Waals surface area contributed by atoms with Crippen molar-refractivity contribution < 1.29 is 17.9 Å². The predicted molar refractivity (Wildman–Crippen MR) is 149 cm³/mol. The average Bonchev–Trinajstić information content (AvgIpc) is 3.64. The Bertz CT molecular complexity index is 1790. The summed E-state index contributed by atoms with van der Waals surface area (Å²) < 4.78 is 48.9. The number of alkyl halides is 3. The van der Waals surface area contributed by atoms with Crippen molar-refractivity contribution in [3.8, 4) is 5.82 Å². The first-order chi connectivity index (χ1) is 20.0. The van der Waals surface area contributed by atoms with Gasteiger partial charge in [0.05, 0.1) is 33.6 Å². The molecule has 4 aliphatic carbocycles. The molecule has 0 radical (unpaired) electrons. The fourth-order valence-corrected chi connectivity index (χ4v) is 8.03. The van der Waals surface area contributed by atoms with Crippen LogP contribution < -0.4 is 5.56 Å². The smallest absolute Gasteiger partial charge is 0.373 e. The van der Waals surface area contributed by atoms with Crippen LogP contribution in [0.1, 0.15) is 96.4 Å². The monoisotopic (exact) mass is 594 g/mol. The highest BCUT2D eigenvalue weighted by atomic mass is 32.1. The average molecular weight is 595 g/mol. The van der Waals surface area contributed by atoms with Crippen molar-refractivity contribution >= 4 is 22.5 Å². The van der Waals surface area contributed by atoms with Gasteiger partial charge in [-0.25, -0.2) is 24.9 Å². The molecule has 12 heteroatoms. The van der Waals surface area contributed by atoms with Crippen molar-refractivity contribution in [2.45, 2.75) is 88.3 Å². The number of rotatable bonds is 5. The summed E-state index contributed by atoms with van der Waals surface area (Å²) in [4.78, 5) is 36.6. The van der Waals surface area contributed by atoms with E-state index in [1.54, 1.807) is 28.0 Å². The summed E-state index contributed by atoms with van der Waals surface area (Å²) in [7, 11) is 0. The van der Waals surface area contributed by atoms with Crippen LogP contribution in [0, 0.1) is 19.3 Å². The van der Waals surface area contributed by atoms with Crippen LogP contribution in [-0.2, 0) is 10.2 Å². The van der Waals surface area contributed by atoms with Gasteiger partial charge in [0.25, 0.3) is 5.56 Å². The molecule has 0 unspecified atom stereocenters. The Morgan fingerprint density at radius 3 is 2.48 bits per heavy atom. The van der Waals surface area contributed by atoms with Gasteiger partial charge in [0.2, 0.25) is 0 Å². The molecule has 2 atom stereocenters. The highest BCUT2D eigenvalue weighted by Crippen LogP contribution is 2.78. The zero-order valence-electron chi connectivity index (χ0n) is 23.2. The van der Waals surface area contributed by atoms with Crippen LogP contribution in [0.3, 0.4) is 0 Å². The minimum absolute atomic E-state index is 0.0423. The first-order valence-electron chi connectivity index (χ1n) is 14.4. The van der Waals surface area contributed by atoms with Gasteiger partial charge in [0, 0.05) is 41.5 Å². The molecule has 8 nitrogen and oxygen atoms in total. The number of pyridine rings is 1. The second-order valence-corrected chi connectivity index (χ2v) is 13.5. The van der Waals surface area contributed by atoms with Gasteiger partial charge in [-0.15, -0.1) is 11.3 Å². The van der Waals surface area contributed by atoms with Crippen molar-refractivity contribution in [1.29, 1.82) is 0 Å². The first kappa shape index (κ1) is 26.4. The summed E-state index contributed by atoms with van der Waals surface area (Å²) in [6, 6.07) is 3.34. The molecule has 1 aliphatic heterocycles. The molecule has 5 heterocycles. The van der Waals surface area contributed by atoms with Crippen molar-refractivity contribution in [3.05, 3.63) is 67.5 Å². The van der Waals surface area contributed by atoms with Gasteiger partial charge in [0.15, 0.2) is 11.5 Å². The van der Waals surface area contributed by atoms with Crippen LogP contribution in [0.4, 0.5) is 13.2 Å². The standard InChI is InChI=1S/C30H29F3N6O2S/c1-15-16(2)35-26-23(34-15)24(28-12-29(13-28,14-28)30(31,32)33)37-25(38-26)18-7-8-41-20(9-18)19-5-6-22(40)39(10-19)21-11-42-27(36-21)17-3-4-17/h5-6,10-11,17-18,20H,3-4,7-9,12-14H2,1-2H3/t18-,20+,28?,29?/m0/s1. The zero-order valence-corrected chi connectivity index (χ0v) is 24.1. The number of nitrogens with zero attached hydrogens (tertiary/aromatic N) is 6. The van der Waals surface area contributed by atoms with Gasteiger partial charge >= 0.3 is 6.18 Å². The van der Waals surface area contributed by atoms with Gasteiger partial charge in [-0.05, 0) is 70.4 Å². The maximum atomic E-state index is 13.7. The number of fused-ring (bicyclic) bond motifs is 1. The molecular formula is C30H29F3N6O2S. The van der Waals surface area contributed by atoms with E-state index >= 15 is 0 Å². The van der Waals surface area contributed by atoms with E-state index in [-0.39, 0.29) is 36.8 Å². The third kappa shape index (κ3) is 3.97. The minimum Gasteiger partial charge on any atom is -0.373 e. The molecule has 1 saturated heterocycles. The number of aromatic nitrogens is 6. The summed E-state index contributed by atoms with van der Waals surface area (Å²) in [5.41, 5.74) is 1.51. The minimum atomic E-state index is -4.21. The third-order valence-electron chi connectivity index (χ3n) is 9.73. The van der Waals surface area contributed by atoms with Crippen molar-refractivity contribution in [2.75, 3.05) is 6.61 Å². The number of ether oxygens (including phenoxy) is 1. The normalized spacial score (nSPS) is 28.9. The molecule has 4 saturated carbocycles. The Morgan fingerprint density at radius 1 is 0.976 bits per heavy atom. The van der Waals surface area contributed by atoms with E-state index in [0.717, 1.165) is 34.8 Å². The topological polar surface area (TPSA) is 95.7 Å². The van der Waals surface area contributed by atoms with Gasteiger partial charge in [-0.3, -0.25) is 9.36 Å². The molecular weight excluding hydrogens is 565 g/mol. The van der Waals surface area contributed by atoms with Crippen LogP contribution in [0.25, 0.3) is 17.0 Å². The Hall–Kier alpha value is -3.25. The molecule has 218 valence electrons. The van der Waals surface area contributed by atoms with E-state index in [9.17, 15) is 18.0 Å². The fraction of sp³-hybridized carbons (Fsp3) is 0.533. The van der Waals surface area contributed by atoms with Gasteiger partial charge in [-0.2, -0.15) is 13.2 Å². The molecule has 5 fully saturated rings. The maximum absolute atomic E-state index is 13.7. The molecule has 0 N–H and O–H groups in total. The molecule has 4 aromatic rings. The largest absolute Gasteiger partial charge is 0.394 e. The molecule has 4 aromatic heterocycles. The van der Waals surface area contributed by atoms with E-state index in [1.165, 1.54) is 0 Å². The first-order valence-corrected chi connectivity index (χ1v) is 15.3. The SMILES string of the molecule is Cc1nc2nc([C@H]3CCO[C@@H](c4ccc(=O)n(-c5csc(C6CC6)n5)c4)C3)nc(C34CC(C(F)(F)F)(C3)C4)c2nc1C. The van der Waals surface area contributed by atoms with Crippen molar-refractivity contribution in [2.24, 2.45) is 5.41 Å². The van der Waals surface area contributed by atoms with E-state index in [2.05, 4.69) is 4.98 Å². The van der Waals surface area contributed by atoms with Gasteiger partial charge in [0.1, 0.15) is 11.3 Å². The molecule has 0 amide bonds. The number of halogens is 3. The molecule has 9 rings (SSSR count). The van der Waals surface area contributed by atoms with Gasteiger partial charge in [-0.1, -0.05) is 0 Å². The van der Waals surface area contributed by atoms with E-state index in [4.69, 9.17) is 24.7 Å². The van der Waals surface area contributed by atoms with Crippen LogP contribution in [0.2, 0.25) is 0 Å². The summed E-state index contributed by atoms with van der Waals surface area (Å²) in [6.45, 7) is 4.17. The maximum Gasteiger partial charge on any atom is 0.394 e. The second kappa shape index (κ2) is 8.89. The van der Waals surface area contributed by atoms with Crippen LogP contribution in [0.5, 0.6) is 0 Å². The van der Waals surface area contributed by atoms with E-state index < -0.39 is 17.0 Å². The second-order valence-electron chi connectivity index (χ2n) is 12.7. The van der Waals surface area contributed by atoms with E-state index in [1.807, 2.05) is 25.4 Å². The lowest BCUT2D eigenvalue weighted by Gasteiger charge is -2.70. The quantitative estimate of drug-likeness (QED) is 0.274. The van der Waals surface area contributed by atoms with Crippen LogP contribution in [0.15, 0.2) is 28.5 Å². The predicted octanol–water partition coefficient (Wildman–Crippen LogP) is 6.14. The molecule has 0 spiro atoms.